The minimum absolute atomic E-state index is 0.0980. The Kier molecular flexibility index (Phi) is 5.80. The molecular weight excluding hydrogens is 402 g/mol. The molecule has 6 nitrogen and oxygen atoms in total. The van der Waals surface area contributed by atoms with Crippen LogP contribution in [0.4, 0.5) is 5.69 Å². The number of ether oxygens (including phenoxy) is 2. The first kappa shape index (κ1) is 18.2. The molecule has 1 unspecified atom stereocenters. The number of hydrogen-bond acceptors (Lipinski definition) is 5. The number of non-ortho nitro benzene ring substituents is 1. The molecule has 24 heavy (non-hydrogen) atoms. The van der Waals surface area contributed by atoms with Crippen molar-refractivity contribution < 1.29 is 19.2 Å². The Balaban J connectivity index is 2.47. The molecule has 2 rings (SSSR count). The van der Waals surface area contributed by atoms with Gasteiger partial charge in [0.1, 0.15) is 11.5 Å². The molecular formula is C16H13BrClNO5. The van der Waals surface area contributed by atoms with Crippen molar-refractivity contribution in [2.45, 2.75) is 11.8 Å². The lowest BCUT2D eigenvalue weighted by Crippen LogP contribution is -2.07. The number of esters is 1. The summed E-state index contributed by atoms with van der Waals surface area (Å²) in [4.78, 5) is 22.0. The number of nitro benzene ring substituents is 1. The predicted octanol–water partition coefficient (Wildman–Crippen LogP) is 5.28. The molecule has 0 bridgehead atoms. The molecule has 0 saturated carbocycles. The maximum atomic E-state index is 11.9. The highest BCUT2D eigenvalue weighted by atomic mass is 79.9. The van der Waals surface area contributed by atoms with Crippen molar-refractivity contribution in [1.29, 1.82) is 0 Å². The number of methoxy groups -OCH3 is 1. The van der Waals surface area contributed by atoms with Crippen molar-refractivity contribution in [1.82, 2.24) is 0 Å². The summed E-state index contributed by atoms with van der Waals surface area (Å²) < 4.78 is 10.6. The van der Waals surface area contributed by atoms with E-state index in [0.717, 1.165) is 0 Å². The molecule has 0 heterocycles. The number of alkyl halides is 1. The van der Waals surface area contributed by atoms with Gasteiger partial charge in [-0.3, -0.25) is 10.1 Å². The van der Waals surface area contributed by atoms with Crippen LogP contribution in [-0.2, 0) is 4.74 Å². The van der Waals surface area contributed by atoms with Gasteiger partial charge in [-0.1, -0.05) is 33.6 Å². The monoisotopic (exact) mass is 413 g/mol. The van der Waals surface area contributed by atoms with Crippen molar-refractivity contribution in [3.63, 3.8) is 0 Å². The SMILES string of the molecule is COC(=O)c1cccc(Oc2ccc([N+](=O)[O-])cc2Cl)c1C(C)Br. The van der Waals surface area contributed by atoms with Gasteiger partial charge in [-0.15, -0.1) is 0 Å². The molecule has 0 N–H and O–H groups in total. The summed E-state index contributed by atoms with van der Waals surface area (Å²) in [6.07, 6.45) is 0. The maximum Gasteiger partial charge on any atom is 0.338 e. The molecule has 2 aromatic rings. The summed E-state index contributed by atoms with van der Waals surface area (Å²) in [7, 11) is 1.30. The van der Waals surface area contributed by atoms with Crippen LogP contribution < -0.4 is 4.74 Å². The summed E-state index contributed by atoms with van der Waals surface area (Å²) in [5.41, 5.74) is 0.820. The van der Waals surface area contributed by atoms with E-state index in [1.165, 1.54) is 25.3 Å². The van der Waals surface area contributed by atoms with Gasteiger partial charge in [0.25, 0.3) is 5.69 Å². The summed E-state index contributed by atoms with van der Waals surface area (Å²) in [5, 5.41) is 10.9. The molecule has 0 fully saturated rings. The van der Waals surface area contributed by atoms with Crippen LogP contribution in [0.2, 0.25) is 5.02 Å². The van der Waals surface area contributed by atoms with Gasteiger partial charge in [-0.05, 0) is 25.1 Å². The van der Waals surface area contributed by atoms with Crippen LogP contribution in [0.5, 0.6) is 11.5 Å². The molecule has 0 aliphatic rings. The van der Waals surface area contributed by atoms with Crippen LogP contribution in [-0.4, -0.2) is 18.0 Å². The largest absolute Gasteiger partial charge is 0.465 e. The fraction of sp³-hybridized carbons (Fsp3) is 0.188. The molecule has 8 heteroatoms. The third kappa shape index (κ3) is 3.85. The zero-order valence-electron chi connectivity index (χ0n) is 12.8. The van der Waals surface area contributed by atoms with E-state index < -0.39 is 10.9 Å². The highest BCUT2D eigenvalue weighted by Gasteiger charge is 2.21. The van der Waals surface area contributed by atoms with Crippen LogP contribution in [0.3, 0.4) is 0 Å². The normalized spacial score (nSPS) is 11.7. The van der Waals surface area contributed by atoms with Crippen molar-refractivity contribution in [2.24, 2.45) is 0 Å². The van der Waals surface area contributed by atoms with E-state index in [4.69, 9.17) is 21.1 Å². The van der Waals surface area contributed by atoms with Crippen molar-refractivity contribution in [3.05, 3.63) is 62.7 Å². The summed E-state index contributed by atoms with van der Waals surface area (Å²) in [6, 6.07) is 8.87. The first-order valence-corrected chi connectivity index (χ1v) is 8.11. The Bertz CT molecular complexity index is 794. The number of nitro groups is 1. The Labute approximate surface area is 151 Å². The quantitative estimate of drug-likeness (QED) is 0.288. The van der Waals surface area contributed by atoms with Gasteiger partial charge in [0.15, 0.2) is 0 Å². The fourth-order valence-corrected chi connectivity index (χ4v) is 2.82. The van der Waals surface area contributed by atoms with E-state index in [1.807, 2.05) is 6.92 Å². The predicted molar refractivity (Wildman–Crippen MR) is 93.3 cm³/mol. The molecule has 126 valence electrons. The smallest absolute Gasteiger partial charge is 0.338 e. The average Bonchev–Trinajstić information content (AvgIpc) is 2.55. The summed E-state index contributed by atoms with van der Waals surface area (Å²) in [6.45, 7) is 1.84. The van der Waals surface area contributed by atoms with Crippen LogP contribution in [0.25, 0.3) is 0 Å². The Morgan fingerprint density at radius 1 is 1.29 bits per heavy atom. The second-order valence-electron chi connectivity index (χ2n) is 4.80. The molecule has 0 aliphatic heterocycles. The third-order valence-corrected chi connectivity index (χ3v) is 3.97. The molecule has 1 atom stereocenters. The minimum atomic E-state index is -0.542. The summed E-state index contributed by atoms with van der Waals surface area (Å²) >= 11 is 9.49. The van der Waals surface area contributed by atoms with Crippen molar-refractivity contribution in [2.75, 3.05) is 7.11 Å². The molecule has 0 aliphatic carbocycles. The molecule has 0 amide bonds. The number of halogens is 2. The number of carbonyl (C=O) groups excluding carboxylic acids is 1. The second-order valence-corrected chi connectivity index (χ2v) is 6.58. The Morgan fingerprint density at radius 2 is 2.00 bits per heavy atom. The first-order valence-electron chi connectivity index (χ1n) is 6.82. The standard InChI is InChI=1S/C16H13BrClNO5/c1-9(17)15-11(16(20)23-2)4-3-5-14(15)24-13-7-6-10(19(21)22)8-12(13)18/h3-9H,1-2H3. The van der Waals surface area contributed by atoms with E-state index >= 15 is 0 Å². The van der Waals surface area contributed by atoms with Gasteiger partial charge < -0.3 is 9.47 Å². The molecule has 0 radical (unpaired) electrons. The second kappa shape index (κ2) is 7.63. The van der Waals surface area contributed by atoms with Crippen LogP contribution in [0.15, 0.2) is 36.4 Å². The number of benzene rings is 2. The highest BCUT2D eigenvalue weighted by molar-refractivity contribution is 9.09. The van der Waals surface area contributed by atoms with Gasteiger partial charge in [0.05, 0.1) is 22.6 Å². The Hall–Kier alpha value is -2.12. The maximum absolute atomic E-state index is 11.9. The van der Waals surface area contributed by atoms with Crippen LogP contribution >= 0.6 is 27.5 Å². The highest BCUT2D eigenvalue weighted by Crippen LogP contribution is 2.39. The van der Waals surface area contributed by atoms with E-state index in [2.05, 4.69) is 15.9 Å². The number of nitrogens with zero attached hydrogens (tertiary/aromatic N) is 1. The topological polar surface area (TPSA) is 78.7 Å². The van der Waals surface area contributed by atoms with Gasteiger partial charge in [-0.25, -0.2) is 4.79 Å². The molecule has 0 spiro atoms. The molecule has 2 aromatic carbocycles. The number of hydrogen-bond donors (Lipinski definition) is 0. The number of rotatable bonds is 5. The minimum Gasteiger partial charge on any atom is -0.465 e. The van der Waals surface area contributed by atoms with Gasteiger partial charge in [0, 0.05) is 22.5 Å². The first-order chi connectivity index (χ1) is 11.3. The lowest BCUT2D eigenvalue weighted by atomic mass is 10.0. The van der Waals surface area contributed by atoms with Crippen molar-refractivity contribution in [3.8, 4) is 11.5 Å². The van der Waals surface area contributed by atoms with E-state index in [9.17, 15) is 14.9 Å². The van der Waals surface area contributed by atoms with Gasteiger partial charge >= 0.3 is 5.97 Å². The van der Waals surface area contributed by atoms with Crippen molar-refractivity contribution >= 4 is 39.2 Å². The van der Waals surface area contributed by atoms with E-state index in [0.29, 0.717) is 16.9 Å². The van der Waals surface area contributed by atoms with E-state index in [1.54, 1.807) is 18.2 Å². The van der Waals surface area contributed by atoms with E-state index in [-0.39, 0.29) is 21.3 Å². The molecule has 0 aromatic heterocycles. The Morgan fingerprint density at radius 3 is 2.54 bits per heavy atom. The third-order valence-electron chi connectivity index (χ3n) is 3.22. The average molecular weight is 415 g/mol. The zero-order chi connectivity index (χ0) is 17.9. The van der Waals surface area contributed by atoms with Crippen LogP contribution in [0, 0.1) is 10.1 Å². The lowest BCUT2D eigenvalue weighted by molar-refractivity contribution is -0.384. The fourth-order valence-electron chi connectivity index (χ4n) is 2.14. The van der Waals surface area contributed by atoms with Gasteiger partial charge in [-0.2, -0.15) is 0 Å². The zero-order valence-corrected chi connectivity index (χ0v) is 15.1. The van der Waals surface area contributed by atoms with Crippen LogP contribution in [0.1, 0.15) is 27.7 Å². The van der Waals surface area contributed by atoms with Gasteiger partial charge in [0.2, 0.25) is 0 Å². The lowest BCUT2D eigenvalue weighted by Gasteiger charge is -2.16. The summed E-state index contributed by atoms with van der Waals surface area (Å²) in [5.74, 6) is 0.160. The number of carbonyl (C=O) groups is 1. The molecule has 0 saturated heterocycles.